The van der Waals surface area contributed by atoms with Crippen LogP contribution in [-0.2, 0) is 0 Å². The van der Waals surface area contributed by atoms with E-state index in [2.05, 4.69) is 21.7 Å². The minimum atomic E-state index is -0.116. The first-order valence-electron chi connectivity index (χ1n) is 6.96. The number of hydrogen-bond acceptors (Lipinski definition) is 3. The first-order valence-corrected chi connectivity index (χ1v) is 7.33. The van der Waals surface area contributed by atoms with E-state index < -0.39 is 0 Å². The van der Waals surface area contributed by atoms with Crippen molar-refractivity contribution in [3.8, 4) is 0 Å². The second kappa shape index (κ2) is 6.24. The largest absolute Gasteiger partial charge is 0.348 e. The van der Waals surface area contributed by atoms with Gasteiger partial charge in [0.25, 0.3) is 5.91 Å². The van der Waals surface area contributed by atoms with Gasteiger partial charge in [-0.2, -0.15) is 0 Å². The van der Waals surface area contributed by atoms with Crippen molar-refractivity contribution in [3.05, 3.63) is 52.7 Å². The molecule has 0 radical (unpaired) electrons. The van der Waals surface area contributed by atoms with E-state index in [9.17, 15) is 4.79 Å². The van der Waals surface area contributed by atoms with E-state index in [1.165, 1.54) is 5.57 Å². The van der Waals surface area contributed by atoms with Gasteiger partial charge in [0, 0.05) is 24.7 Å². The summed E-state index contributed by atoms with van der Waals surface area (Å²) in [7, 11) is 0. The van der Waals surface area contributed by atoms with E-state index >= 15 is 0 Å². The van der Waals surface area contributed by atoms with E-state index in [0.717, 1.165) is 24.9 Å². The smallest absolute Gasteiger partial charge is 0.253 e. The van der Waals surface area contributed by atoms with Gasteiger partial charge >= 0.3 is 0 Å². The molecule has 108 valence electrons. The van der Waals surface area contributed by atoms with Crippen LogP contribution in [0.4, 0.5) is 0 Å². The minimum Gasteiger partial charge on any atom is -0.348 e. The van der Waals surface area contributed by atoms with Crippen LogP contribution < -0.4 is 10.6 Å². The number of halogens is 1. The highest BCUT2D eigenvalue weighted by atomic mass is 35.5. The van der Waals surface area contributed by atoms with Crippen molar-refractivity contribution < 1.29 is 4.79 Å². The van der Waals surface area contributed by atoms with E-state index in [1.54, 1.807) is 18.3 Å². The number of aromatic nitrogens is 1. The highest BCUT2D eigenvalue weighted by Gasteiger charge is 2.13. The van der Waals surface area contributed by atoms with Gasteiger partial charge in [-0.1, -0.05) is 23.3 Å². The molecule has 0 bridgehead atoms. The predicted molar refractivity (Wildman–Crippen MR) is 84.7 cm³/mol. The molecule has 1 aliphatic rings. The first-order chi connectivity index (χ1) is 10.3. The van der Waals surface area contributed by atoms with Crippen molar-refractivity contribution in [2.45, 2.75) is 6.42 Å². The van der Waals surface area contributed by atoms with Crippen LogP contribution >= 0.6 is 11.6 Å². The molecule has 0 fully saturated rings. The molecule has 4 nitrogen and oxygen atoms in total. The van der Waals surface area contributed by atoms with Gasteiger partial charge in [0.1, 0.15) is 0 Å². The lowest BCUT2D eigenvalue weighted by Crippen LogP contribution is -2.29. The molecule has 0 saturated carbocycles. The number of amides is 1. The Hall–Kier alpha value is -1.91. The third kappa shape index (κ3) is 3.06. The van der Waals surface area contributed by atoms with Crippen LogP contribution in [0, 0.1) is 0 Å². The Morgan fingerprint density at radius 1 is 1.38 bits per heavy atom. The van der Waals surface area contributed by atoms with Gasteiger partial charge in [0.05, 0.1) is 16.1 Å². The summed E-state index contributed by atoms with van der Waals surface area (Å²) in [5.41, 5.74) is 2.46. The van der Waals surface area contributed by atoms with E-state index in [1.807, 2.05) is 12.1 Å². The van der Waals surface area contributed by atoms with E-state index in [0.29, 0.717) is 22.6 Å². The fourth-order valence-electron chi connectivity index (χ4n) is 2.44. The Balaban J connectivity index is 1.81. The molecule has 1 amide bonds. The highest BCUT2D eigenvalue weighted by molar-refractivity contribution is 6.36. The first kappa shape index (κ1) is 14.0. The zero-order chi connectivity index (χ0) is 14.7. The summed E-state index contributed by atoms with van der Waals surface area (Å²) in [6.45, 7) is 2.42. The molecular formula is C16H16ClN3O. The molecule has 0 atom stereocenters. The van der Waals surface area contributed by atoms with Gasteiger partial charge in [-0.3, -0.25) is 9.78 Å². The molecule has 0 saturated heterocycles. The van der Waals surface area contributed by atoms with Crippen molar-refractivity contribution in [1.82, 2.24) is 15.6 Å². The number of pyridine rings is 1. The number of carbonyl (C=O) groups excluding carboxylic acids is 1. The van der Waals surface area contributed by atoms with Crippen LogP contribution in [0.3, 0.4) is 0 Å². The van der Waals surface area contributed by atoms with Crippen LogP contribution in [0.25, 0.3) is 10.9 Å². The summed E-state index contributed by atoms with van der Waals surface area (Å²) >= 11 is 6.14. The zero-order valence-corrected chi connectivity index (χ0v) is 12.3. The minimum absolute atomic E-state index is 0.116. The molecule has 2 N–H and O–H groups in total. The van der Waals surface area contributed by atoms with Gasteiger partial charge < -0.3 is 10.6 Å². The number of nitrogens with one attached hydrogen (secondary N) is 2. The monoisotopic (exact) mass is 301 g/mol. The third-order valence-corrected chi connectivity index (χ3v) is 3.92. The fraction of sp³-hybridized carbons (Fsp3) is 0.250. The average molecular weight is 302 g/mol. The standard InChI is InChI=1S/C16H16ClN3O/c17-14-4-3-13(15-12(14)2-1-7-19-15)16(21)20-10-11-5-8-18-9-6-11/h1-5,7,18H,6,8-10H2,(H,20,21). The number of nitrogens with zero attached hydrogens (tertiary/aromatic N) is 1. The van der Waals surface area contributed by atoms with Gasteiger partial charge in [0.15, 0.2) is 0 Å². The van der Waals surface area contributed by atoms with Crippen molar-refractivity contribution in [3.63, 3.8) is 0 Å². The van der Waals surface area contributed by atoms with Gasteiger partial charge in [-0.05, 0) is 37.2 Å². The van der Waals surface area contributed by atoms with Crippen molar-refractivity contribution >= 4 is 28.4 Å². The molecule has 2 heterocycles. The lowest BCUT2D eigenvalue weighted by atomic mass is 10.1. The SMILES string of the molecule is O=C(NCC1=CCNCC1)c1ccc(Cl)c2cccnc12. The third-order valence-electron chi connectivity index (χ3n) is 3.60. The van der Waals surface area contributed by atoms with Crippen molar-refractivity contribution in [2.24, 2.45) is 0 Å². The summed E-state index contributed by atoms with van der Waals surface area (Å²) in [5, 5.41) is 7.62. The molecule has 3 rings (SSSR count). The second-order valence-electron chi connectivity index (χ2n) is 4.99. The normalized spacial score (nSPS) is 14.8. The molecule has 0 spiro atoms. The summed E-state index contributed by atoms with van der Waals surface area (Å²) in [4.78, 5) is 16.7. The topological polar surface area (TPSA) is 54.0 Å². The van der Waals surface area contributed by atoms with Crippen LogP contribution in [-0.4, -0.2) is 30.5 Å². The summed E-state index contributed by atoms with van der Waals surface area (Å²) < 4.78 is 0. The van der Waals surface area contributed by atoms with Crippen LogP contribution in [0.5, 0.6) is 0 Å². The van der Waals surface area contributed by atoms with E-state index in [4.69, 9.17) is 11.6 Å². The molecule has 1 aliphatic heterocycles. The summed E-state index contributed by atoms with van der Waals surface area (Å²) in [6, 6.07) is 7.15. The number of carbonyl (C=O) groups is 1. The Morgan fingerprint density at radius 2 is 2.29 bits per heavy atom. The summed E-state index contributed by atoms with van der Waals surface area (Å²) in [6.07, 6.45) is 4.77. The molecule has 2 aromatic rings. The average Bonchev–Trinajstić information content (AvgIpc) is 2.54. The molecule has 0 aliphatic carbocycles. The predicted octanol–water partition coefficient (Wildman–Crippen LogP) is 2.54. The number of hydrogen-bond donors (Lipinski definition) is 2. The lowest BCUT2D eigenvalue weighted by Gasteiger charge is -2.15. The van der Waals surface area contributed by atoms with Crippen LogP contribution in [0.2, 0.25) is 5.02 Å². The highest BCUT2D eigenvalue weighted by Crippen LogP contribution is 2.24. The van der Waals surface area contributed by atoms with Gasteiger partial charge in [0.2, 0.25) is 0 Å². The quantitative estimate of drug-likeness (QED) is 0.857. The Kier molecular flexibility index (Phi) is 4.18. The number of benzene rings is 1. The van der Waals surface area contributed by atoms with Crippen LogP contribution in [0.1, 0.15) is 16.8 Å². The van der Waals surface area contributed by atoms with Gasteiger partial charge in [-0.15, -0.1) is 0 Å². The molecule has 1 aromatic heterocycles. The Morgan fingerprint density at radius 3 is 3.10 bits per heavy atom. The van der Waals surface area contributed by atoms with Crippen LogP contribution in [0.15, 0.2) is 42.1 Å². The number of fused-ring (bicyclic) bond motifs is 1. The summed E-state index contributed by atoms with van der Waals surface area (Å²) in [5.74, 6) is -0.116. The lowest BCUT2D eigenvalue weighted by molar-refractivity contribution is 0.0958. The number of rotatable bonds is 3. The zero-order valence-electron chi connectivity index (χ0n) is 11.5. The molecule has 0 unspecified atom stereocenters. The van der Waals surface area contributed by atoms with Crippen molar-refractivity contribution in [1.29, 1.82) is 0 Å². The Labute approximate surface area is 128 Å². The fourth-order valence-corrected chi connectivity index (χ4v) is 2.66. The van der Waals surface area contributed by atoms with Gasteiger partial charge in [-0.25, -0.2) is 0 Å². The second-order valence-corrected chi connectivity index (χ2v) is 5.40. The molecule has 21 heavy (non-hydrogen) atoms. The maximum atomic E-state index is 12.4. The van der Waals surface area contributed by atoms with Crippen molar-refractivity contribution in [2.75, 3.05) is 19.6 Å². The Bertz CT molecular complexity index is 712. The molecule has 1 aromatic carbocycles. The maximum Gasteiger partial charge on any atom is 0.253 e. The molecular weight excluding hydrogens is 286 g/mol. The maximum absolute atomic E-state index is 12.4. The molecule has 5 heteroatoms. The van der Waals surface area contributed by atoms with E-state index in [-0.39, 0.29) is 5.91 Å².